The molecule has 0 unspecified atom stereocenters. The molecule has 0 fully saturated rings. The van der Waals surface area contributed by atoms with Gasteiger partial charge in [-0.15, -0.1) is 0 Å². The van der Waals surface area contributed by atoms with Gasteiger partial charge in [0.25, 0.3) is 0 Å². The Labute approximate surface area is 329 Å². The molecule has 8 aromatic rings. The number of allylic oxidation sites excluding steroid dienone is 4. The van der Waals surface area contributed by atoms with Gasteiger partial charge in [0, 0.05) is 34.4 Å². The lowest BCUT2D eigenvalue weighted by Gasteiger charge is -2.27. The molecule has 0 spiro atoms. The predicted molar refractivity (Wildman–Crippen MR) is 239 cm³/mol. The van der Waals surface area contributed by atoms with Crippen molar-refractivity contribution in [3.05, 3.63) is 237 Å². The van der Waals surface area contributed by atoms with Gasteiger partial charge in [0.1, 0.15) is 0 Å². The Morgan fingerprint density at radius 3 is 1.48 bits per heavy atom. The smallest absolute Gasteiger partial charge is 0.0539 e. The van der Waals surface area contributed by atoms with Gasteiger partial charge >= 0.3 is 0 Å². The van der Waals surface area contributed by atoms with Gasteiger partial charge < -0.3 is 10.2 Å². The van der Waals surface area contributed by atoms with Crippen LogP contribution in [0.3, 0.4) is 0 Å². The molecule has 0 saturated carbocycles. The number of hydrogen-bond acceptors (Lipinski definition) is 2. The summed E-state index contributed by atoms with van der Waals surface area (Å²) in [5.41, 5.74) is 17.9. The van der Waals surface area contributed by atoms with Crippen LogP contribution in [0, 0.1) is 0 Å². The molecule has 1 heterocycles. The van der Waals surface area contributed by atoms with Gasteiger partial charge in [0.2, 0.25) is 0 Å². The average Bonchev–Trinajstić information content (AvgIpc) is 3.27. The summed E-state index contributed by atoms with van der Waals surface area (Å²) in [4.78, 5) is 2.31. The van der Waals surface area contributed by atoms with Gasteiger partial charge in [-0.2, -0.15) is 0 Å². The third-order valence-corrected chi connectivity index (χ3v) is 10.4. The molecular formula is C54H40N2. The minimum atomic E-state index is 0.964. The summed E-state index contributed by atoms with van der Waals surface area (Å²) in [7, 11) is 0. The highest BCUT2D eigenvalue weighted by atomic mass is 15.1. The Morgan fingerprint density at radius 2 is 0.875 bits per heavy atom. The largest absolute Gasteiger partial charge is 0.355 e. The van der Waals surface area contributed by atoms with E-state index in [1.54, 1.807) is 0 Å². The van der Waals surface area contributed by atoms with E-state index in [4.69, 9.17) is 0 Å². The van der Waals surface area contributed by atoms with Crippen LogP contribution in [0.15, 0.2) is 231 Å². The molecule has 8 aromatic carbocycles. The number of anilines is 4. The second kappa shape index (κ2) is 15.5. The van der Waals surface area contributed by atoms with Gasteiger partial charge in [-0.25, -0.2) is 0 Å². The first-order valence-electron chi connectivity index (χ1n) is 19.0. The quantitative estimate of drug-likeness (QED) is 0.168. The van der Waals surface area contributed by atoms with Crippen LogP contribution in [0.1, 0.15) is 5.56 Å². The topological polar surface area (TPSA) is 15.3 Å². The summed E-state index contributed by atoms with van der Waals surface area (Å²) in [6, 6.07) is 71.3. The van der Waals surface area contributed by atoms with E-state index in [9.17, 15) is 0 Å². The molecule has 1 aliphatic rings. The second-order valence-electron chi connectivity index (χ2n) is 14.0. The molecule has 1 aliphatic heterocycles. The molecule has 1 N–H and O–H groups in total. The lowest BCUT2D eigenvalue weighted by molar-refractivity contribution is 1.27. The van der Waals surface area contributed by atoms with Gasteiger partial charge in [0.15, 0.2) is 0 Å². The average molecular weight is 717 g/mol. The van der Waals surface area contributed by atoms with Crippen LogP contribution in [-0.4, -0.2) is 0 Å². The molecule has 56 heavy (non-hydrogen) atoms. The third-order valence-electron chi connectivity index (χ3n) is 10.4. The Bertz CT molecular complexity index is 2640. The number of rotatable bonds is 8. The maximum absolute atomic E-state index is 4.49. The van der Waals surface area contributed by atoms with E-state index in [-0.39, 0.29) is 0 Å². The maximum atomic E-state index is 4.49. The molecule has 0 atom stereocenters. The standard InChI is InChI=1S/C54H40N2/c1-39-16-14-15-33-56(50-35-47(41-19-8-3-9-20-41)34-48(36-50)42-21-10-4-11-22-42)54-38-46(27-31-51(39)54)45-28-32-53(52(37-45)44-23-12-5-13-24-44)55-49-29-25-43(26-30-49)40-17-6-2-7-18-40/h2-38,55H,1H2/b16-14-,33-15-. The molecule has 0 amide bonds. The molecule has 0 radical (unpaired) electrons. The van der Waals surface area contributed by atoms with Gasteiger partial charge in [-0.05, 0) is 110 Å². The van der Waals surface area contributed by atoms with Crippen LogP contribution >= 0.6 is 0 Å². The third kappa shape index (κ3) is 7.24. The molecule has 0 aliphatic carbocycles. The van der Waals surface area contributed by atoms with Gasteiger partial charge in [-0.3, -0.25) is 0 Å². The van der Waals surface area contributed by atoms with Crippen LogP contribution < -0.4 is 10.2 Å². The molecule has 9 rings (SSSR count). The fourth-order valence-electron chi connectivity index (χ4n) is 7.45. The van der Waals surface area contributed by atoms with E-state index in [0.717, 1.165) is 67.3 Å². The zero-order chi connectivity index (χ0) is 37.7. The van der Waals surface area contributed by atoms with E-state index in [1.807, 2.05) is 0 Å². The Morgan fingerprint density at radius 1 is 0.375 bits per heavy atom. The van der Waals surface area contributed by atoms with Crippen LogP contribution in [0.2, 0.25) is 0 Å². The highest BCUT2D eigenvalue weighted by molar-refractivity contribution is 5.92. The van der Waals surface area contributed by atoms with Crippen molar-refractivity contribution in [3.8, 4) is 55.6 Å². The summed E-state index contributed by atoms with van der Waals surface area (Å²) in [6.07, 6.45) is 8.41. The second-order valence-corrected chi connectivity index (χ2v) is 14.0. The maximum Gasteiger partial charge on any atom is 0.0539 e. The summed E-state index contributed by atoms with van der Waals surface area (Å²) >= 11 is 0. The normalized spacial score (nSPS) is 13.3. The van der Waals surface area contributed by atoms with E-state index < -0.39 is 0 Å². The highest BCUT2D eigenvalue weighted by Crippen LogP contribution is 2.42. The number of nitrogens with zero attached hydrogens (tertiary/aromatic N) is 1. The van der Waals surface area contributed by atoms with Crippen LogP contribution in [0.25, 0.3) is 61.2 Å². The van der Waals surface area contributed by atoms with E-state index in [0.29, 0.717) is 0 Å². The number of fused-ring (bicyclic) bond motifs is 1. The number of benzene rings is 8. The first-order chi connectivity index (χ1) is 27.7. The minimum Gasteiger partial charge on any atom is -0.355 e. The van der Waals surface area contributed by atoms with Crippen molar-refractivity contribution >= 4 is 28.3 Å². The Hall–Kier alpha value is -7.42. The SMILES string of the molecule is C=C1/C=C\C=C/N(c2cc(-c3ccccc3)cc(-c3ccccc3)c2)c2cc(-c3ccc(Nc4ccc(-c5ccccc5)cc4)c(-c4ccccc4)c3)ccc21. The van der Waals surface area contributed by atoms with Crippen molar-refractivity contribution in [1.29, 1.82) is 0 Å². The zero-order valence-corrected chi connectivity index (χ0v) is 31.0. The number of nitrogens with one attached hydrogen (secondary N) is 1. The van der Waals surface area contributed by atoms with Crippen molar-refractivity contribution in [2.75, 3.05) is 10.2 Å². The van der Waals surface area contributed by atoms with E-state index in [2.05, 4.69) is 241 Å². The van der Waals surface area contributed by atoms with Crippen molar-refractivity contribution in [3.63, 3.8) is 0 Å². The summed E-state index contributed by atoms with van der Waals surface area (Å²) in [5, 5.41) is 3.73. The predicted octanol–water partition coefficient (Wildman–Crippen LogP) is 15.0. The van der Waals surface area contributed by atoms with Crippen LogP contribution in [0.5, 0.6) is 0 Å². The van der Waals surface area contributed by atoms with Crippen molar-refractivity contribution in [2.45, 2.75) is 0 Å². The van der Waals surface area contributed by atoms with Crippen molar-refractivity contribution in [2.24, 2.45) is 0 Å². The molecule has 0 saturated heterocycles. The first-order valence-corrected chi connectivity index (χ1v) is 19.0. The molecule has 0 aromatic heterocycles. The monoisotopic (exact) mass is 716 g/mol. The molecule has 0 bridgehead atoms. The van der Waals surface area contributed by atoms with Crippen LogP contribution in [0.4, 0.5) is 22.7 Å². The minimum absolute atomic E-state index is 0.964. The lowest BCUT2D eigenvalue weighted by Crippen LogP contribution is -2.12. The van der Waals surface area contributed by atoms with Gasteiger partial charge in [-0.1, -0.05) is 170 Å². The fourth-order valence-corrected chi connectivity index (χ4v) is 7.45. The van der Waals surface area contributed by atoms with Crippen molar-refractivity contribution < 1.29 is 0 Å². The van der Waals surface area contributed by atoms with Gasteiger partial charge in [0.05, 0.1) is 5.69 Å². The Balaban J connectivity index is 1.13. The fraction of sp³-hybridized carbons (Fsp3) is 0. The first kappa shape index (κ1) is 34.4. The summed E-state index contributed by atoms with van der Waals surface area (Å²) in [6.45, 7) is 4.49. The molecule has 2 nitrogen and oxygen atoms in total. The molecule has 2 heteroatoms. The number of hydrogen-bond donors (Lipinski definition) is 1. The van der Waals surface area contributed by atoms with E-state index >= 15 is 0 Å². The Kier molecular flexibility index (Phi) is 9.52. The van der Waals surface area contributed by atoms with E-state index in [1.165, 1.54) is 22.3 Å². The molecule has 266 valence electrons. The van der Waals surface area contributed by atoms with Crippen LogP contribution in [-0.2, 0) is 0 Å². The molecular weight excluding hydrogens is 677 g/mol. The lowest BCUT2D eigenvalue weighted by atomic mass is 9.93. The van der Waals surface area contributed by atoms with Crippen molar-refractivity contribution in [1.82, 2.24) is 0 Å². The summed E-state index contributed by atoms with van der Waals surface area (Å²) in [5.74, 6) is 0. The summed E-state index contributed by atoms with van der Waals surface area (Å²) < 4.78 is 0. The highest BCUT2D eigenvalue weighted by Gasteiger charge is 2.18. The zero-order valence-electron chi connectivity index (χ0n) is 31.0.